The van der Waals surface area contributed by atoms with E-state index in [1.54, 1.807) is 24.3 Å². The Kier molecular flexibility index (Phi) is 4.89. The minimum Gasteiger partial charge on any atom is -0.619 e. The molecule has 2 aromatic carbocycles. The number of pyridine rings is 1. The van der Waals surface area contributed by atoms with E-state index in [2.05, 4.69) is 5.32 Å². The molecule has 0 aliphatic rings. The molecular weight excluding hydrogens is 323 g/mol. The second-order valence-electron chi connectivity index (χ2n) is 5.33. The minimum absolute atomic E-state index is 0.257. The highest BCUT2D eigenvalue weighted by molar-refractivity contribution is 5.93. The van der Waals surface area contributed by atoms with Crippen LogP contribution in [0, 0.1) is 11.0 Å². The van der Waals surface area contributed by atoms with Crippen LogP contribution in [-0.4, -0.2) is 5.91 Å². The fourth-order valence-corrected chi connectivity index (χ4v) is 2.16. The molecule has 0 aliphatic heterocycles. The average molecular weight is 338 g/mol. The summed E-state index contributed by atoms with van der Waals surface area (Å²) >= 11 is 0. The SMILES string of the molecule is O=C(NCc1ccc(Oc2ccc(F)cc2)cc1)c1cc[n+]([O-])cc1. The molecule has 126 valence electrons. The summed E-state index contributed by atoms with van der Waals surface area (Å²) in [5, 5.41) is 13.7. The largest absolute Gasteiger partial charge is 0.619 e. The van der Waals surface area contributed by atoms with Crippen molar-refractivity contribution in [2.75, 3.05) is 0 Å². The Labute approximate surface area is 143 Å². The number of carbonyl (C=O) groups excluding carboxylic acids is 1. The summed E-state index contributed by atoms with van der Waals surface area (Å²) in [7, 11) is 0. The van der Waals surface area contributed by atoms with Gasteiger partial charge in [-0.25, -0.2) is 4.39 Å². The third kappa shape index (κ3) is 4.54. The summed E-state index contributed by atoms with van der Waals surface area (Å²) in [6.45, 7) is 0.349. The van der Waals surface area contributed by atoms with E-state index in [-0.39, 0.29) is 11.7 Å². The zero-order chi connectivity index (χ0) is 17.6. The fourth-order valence-electron chi connectivity index (χ4n) is 2.16. The molecule has 1 N–H and O–H groups in total. The maximum atomic E-state index is 12.9. The first-order valence-electron chi connectivity index (χ1n) is 7.59. The van der Waals surface area contributed by atoms with Gasteiger partial charge in [-0.05, 0) is 42.0 Å². The van der Waals surface area contributed by atoms with Crippen LogP contribution in [0.2, 0.25) is 0 Å². The van der Waals surface area contributed by atoms with E-state index in [0.29, 0.717) is 28.3 Å². The van der Waals surface area contributed by atoms with Crippen molar-refractivity contribution in [2.24, 2.45) is 0 Å². The second-order valence-corrected chi connectivity index (χ2v) is 5.33. The molecule has 0 radical (unpaired) electrons. The molecule has 0 fully saturated rings. The maximum absolute atomic E-state index is 12.9. The smallest absolute Gasteiger partial charge is 0.252 e. The number of benzene rings is 2. The van der Waals surface area contributed by atoms with E-state index in [0.717, 1.165) is 5.56 Å². The molecular formula is C19H15FN2O3. The predicted molar refractivity (Wildman–Crippen MR) is 89.5 cm³/mol. The lowest BCUT2D eigenvalue weighted by molar-refractivity contribution is -0.605. The summed E-state index contributed by atoms with van der Waals surface area (Å²) < 4.78 is 19.1. The number of hydrogen-bond donors (Lipinski definition) is 1. The number of halogens is 1. The van der Waals surface area contributed by atoms with Gasteiger partial charge in [-0.1, -0.05) is 12.1 Å². The van der Waals surface area contributed by atoms with Gasteiger partial charge in [0.25, 0.3) is 5.91 Å². The van der Waals surface area contributed by atoms with E-state index < -0.39 is 0 Å². The van der Waals surface area contributed by atoms with Crippen molar-refractivity contribution in [1.29, 1.82) is 0 Å². The maximum Gasteiger partial charge on any atom is 0.252 e. The highest BCUT2D eigenvalue weighted by Crippen LogP contribution is 2.21. The lowest BCUT2D eigenvalue weighted by atomic mass is 10.2. The van der Waals surface area contributed by atoms with E-state index in [9.17, 15) is 14.4 Å². The van der Waals surface area contributed by atoms with E-state index >= 15 is 0 Å². The van der Waals surface area contributed by atoms with Crippen molar-refractivity contribution in [2.45, 2.75) is 6.54 Å². The molecule has 0 saturated carbocycles. The standard InChI is InChI=1S/C19H15FN2O3/c20-16-3-7-18(8-4-16)25-17-5-1-14(2-6-17)13-21-19(23)15-9-11-22(24)12-10-15/h1-12H,13H2,(H,21,23). The van der Waals surface area contributed by atoms with Crippen molar-refractivity contribution in [3.05, 3.63) is 95.2 Å². The second kappa shape index (κ2) is 7.44. The Morgan fingerprint density at radius 2 is 1.52 bits per heavy atom. The van der Waals surface area contributed by atoms with Gasteiger partial charge in [0.1, 0.15) is 17.3 Å². The number of carbonyl (C=O) groups is 1. The summed E-state index contributed by atoms with van der Waals surface area (Å²) in [5.74, 6) is 0.584. The van der Waals surface area contributed by atoms with Crippen molar-refractivity contribution < 1.29 is 18.7 Å². The Bertz CT molecular complexity index is 847. The normalized spacial score (nSPS) is 10.3. The van der Waals surface area contributed by atoms with Crippen molar-refractivity contribution in [1.82, 2.24) is 5.32 Å². The third-order valence-electron chi connectivity index (χ3n) is 3.49. The molecule has 0 bridgehead atoms. The highest BCUT2D eigenvalue weighted by atomic mass is 19.1. The van der Waals surface area contributed by atoms with Gasteiger partial charge in [0.05, 0.1) is 5.56 Å². The topological polar surface area (TPSA) is 65.3 Å². The van der Waals surface area contributed by atoms with Crippen LogP contribution in [0.1, 0.15) is 15.9 Å². The van der Waals surface area contributed by atoms with Crippen LogP contribution in [0.4, 0.5) is 4.39 Å². The minimum atomic E-state index is -0.318. The van der Waals surface area contributed by atoms with Gasteiger partial charge in [-0.15, -0.1) is 0 Å². The molecule has 3 aromatic rings. The number of amides is 1. The summed E-state index contributed by atoms with van der Waals surface area (Å²) in [6, 6.07) is 15.9. The van der Waals surface area contributed by atoms with Gasteiger partial charge in [0, 0.05) is 18.7 Å². The molecule has 1 heterocycles. The van der Waals surface area contributed by atoms with Crippen molar-refractivity contribution >= 4 is 5.91 Å². The van der Waals surface area contributed by atoms with Gasteiger partial charge >= 0.3 is 0 Å². The number of aromatic nitrogens is 1. The van der Waals surface area contributed by atoms with Crippen LogP contribution < -0.4 is 14.8 Å². The third-order valence-corrected chi connectivity index (χ3v) is 3.49. The van der Waals surface area contributed by atoms with Crippen LogP contribution in [0.25, 0.3) is 0 Å². The molecule has 1 aromatic heterocycles. The van der Waals surface area contributed by atoms with Crippen LogP contribution >= 0.6 is 0 Å². The number of ether oxygens (including phenoxy) is 1. The Hall–Kier alpha value is -3.41. The number of hydrogen-bond acceptors (Lipinski definition) is 3. The molecule has 0 saturated heterocycles. The first-order chi connectivity index (χ1) is 12.1. The van der Waals surface area contributed by atoms with Crippen LogP contribution in [-0.2, 0) is 6.54 Å². The van der Waals surface area contributed by atoms with Gasteiger partial charge < -0.3 is 15.3 Å². The Morgan fingerprint density at radius 1 is 0.960 bits per heavy atom. The molecule has 25 heavy (non-hydrogen) atoms. The van der Waals surface area contributed by atoms with E-state index in [1.165, 1.54) is 36.7 Å². The lowest BCUT2D eigenvalue weighted by Gasteiger charge is -2.08. The average Bonchev–Trinajstić information content (AvgIpc) is 2.63. The van der Waals surface area contributed by atoms with Crippen molar-refractivity contribution in [3.63, 3.8) is 0 Å². The number of rotatable bonds is 5. The monoisotopic (exact) mass is 338 g/mol. The molecule has 3 rings (SSSR count). The molecule has 5 nitrogen and oxygen atoms in total. The van der Waals surface area contributed by atoms with Crippen LogP contribution in [0.15, 0.2) is 73.1 Å². The van der Waals surface area contributed by atoms with Crippen LogP contribution in [0.3, 0.4) is 0 Å². The van der Waals surface area contributed by atoms with E-state index in [1.807, 2.05) is 12.1 Å². The first kappa shape index (κ1) is 16.4. The molecule has 0 aliphatic carbocycles. The summed E-state index contributed by atoms with van der Waals surface area (Å²) in [5.41, 5.74) is 1.32. The van der Waals surface area contributed by atoms with Gasteiger partial charge in [-0.2, -0.15) is 4.73 Å². The summed E-state index contributed by atoms with van der Waals surface area (Å²) in [4.78, 5) is 12.0. The number of nitrogens with one attached hydrogen (secondary N) is 1. The quantitative estimate of drug-likeness (QED) is 0.574. The lowest BCUT2D eigenvalue weighted by Crippen LogP contribution is -2.27. The highest BCUT2D eigenvalue weighted by Gasteiger charge is 2.06. The first-order valence-corrected chi connectivity index (χ1v) is 7.59. The zero-order valence-electron chi connectivity index (χ0n) is 13.2. The molecule has 0 atom stereocenters. The van der Waals surface area contributed by atoms with Gasteiger partial charge in [-0.3, -0.25) is 4.79 Å². The summed E-state index contributed by atoms with van der Waals surface area (Å²) in [6.07, 6.45) is 2.55. The predicted octanol–water partition coefficient (Wildman–Crippen LogP) is 3.18. The van der Waals surface area contributed by atoms with E-state index in [4.69, 9.17) is 4.74 Å². The number of nitrogens with zero attached hydrogens (tertiary/aromatic N) is 1. The molecule has 1 amide bonds. The molecule has 6 heteroatoms. The fraction of sp³-hybridized carbons (Fsp3) is 0.0526. The van der Waals surface area contributed by atoms with Gasteiger partial charge in [0.2, 0.25) is 0 Å². The molecule has 0 unspecified atom stereocenters. The zero-order valence-corrected chi connectivity index (χ0v) is 13.2. The Balaban J connectivity index is 1.56. The molecule has 0 spiro atoms. The Morgan fingerprint density at radius 3 is 2.12 bits per heavy atom. The van der Waals surface area contributed by atoms with Gasteiger partial charge in [0.15, 0.2) is 12.4 Å². The van der Waals surface area contributed by atoms with Crippen molar-refractivity contribution in [3.8, 4) is 11.5 Å². The van der Waals surface area contributed by atoms with Crippen LogP contribution in [0.5, 0.6) is 11.5 Å².